The average Bonchev–Trinajstić information content (AvgIpc) is 2.50. The van der Waals surface area contributed by atoms with Gasteiger partial charge in [-0.15, -0.1) is 0 Å². The molecule has 1 unspecified atom stereocenters. The highest BCUT2D eigenvalue weighted by Gasteiger charge is 2.38. The van der Waals surface area contributed by atoms with Crippen LogP contribution in [0.4, 0.5) is 4.79 Å². The lowest BCUT2D eigenvalue weighted by atomic mass is 9.81. The summed E-state index contributed by atoms with van der Waals surface area (Å²) in [6.07, 6.45) is 2.43. The Labute approximate surface area is 160 Å². The number of nitrogens with two attached hydrogens (primary N) is 1. The molecule has 6 heteroatoms. The summed E-state index contributed by atoms with van der Waals surface area (Å²) < 4.78 is 5.57. The Morgan fingerprint density at radius 1 is 1.32 bits per heavy atom. The van der Waals surface area contributed by atoms with Gasteiger partial charge in [-0.1, -0.05) is 42.6 Å². The fourth-order valence-electron chi connectivity index (χ4n) is 3.38. The smallest absolute Gasteiger partial charge is 0.410 e. The van der Waals surface area contributed by atoms with Gasteiger partial charge in [-0.2, -0.15) is 0 Å². The number of likely N-dealkylation sites (tertiary alicyclic amines) is 1. The molecule has 3 atom stereocenters. The van der Waals surface area contributed by atoms with E-state index in [4.69, 9.17) is 33.7 Å². The summed E-state index contributed by atoms with van der Waals surface area (Å²) in [5, 5.41) is 1.07. The van der Waals surface area contributed by atoms with Crippen LogP contribution in [-0.2, 0) is 4.74 Å². The Morgan fingerprint density at radius 3 is 2.56 bits per heavy atom. The maximum atomic E-state index is 12.6. The monoisotopic (exact) mass is 386 g/mol. The number of rotatable bonds is 3. The van der Waals surface area contributed by atoms with Crippen LogP contribution in [0.1, 0.15) is 58.4 Å². The number of hydrogen-bond acceptors (Lipinski definition) is 3. The van der Waals surface area contributed by atoms with Gasteiger partial charge < -0.3 is 15.4 Å². The molecule has 1 fully saturated rings. The van der Waals surface area contributed by atoms with Crippen molar-refractivity contribution in [2.45, 2.75) is 70.6 Å². The fraction of sp³-hybridized carbons (Fsp3) is 0.632. The van der Waals surface area contributed by atoms with Crippen LogP contribution in [-0.4, -0.2) is 35.2 Å². The van der Waals surface area contributed by atoms with Crippen LogP contribution in [0.2, 0.25) is 10.0 Å². The van der Waals surface area contributed by atoms with Crippen molar-refractivity contribution in [2.75, 3.05) is 6.54 Å². The lowest BCUT2D eigenvalue weighted by Crippen LogP contribution is -2.55. The zero-order chi connectivity index (χ0) is 18.8. The Balaban J connectivity index is 2.21. The van der Waals surface area contributed by atoms with Crippen LogP contribution in [0.3, 0.4) is 0 Å². The van der Waals surface area contributed by atoms with Gasteiger partial charge in [0.1, 0.15) is 5.60 Å². The molecule has 0 aromatic heterocycles. The van der Waals surface area contributed by atoms with E-state index in [1.807, 2.05) is 32.9 Å². The van der Waals surface area contributed by atoms with E-state index in [-0.39, 0.29) is 24.1 Å². The minimum Gasteiger partial charge on any atom is -0.444 e. The van der Waals surface area contributed by atoms with E-state index in [0.717, 1.165) is 24.8 Å². The summed E-state index contributed by atoms with van der Waals surface area (Å²) in [6, 6.07) is 5.61. The third-order valence-corrected chi connectivity index (χ3v) is 5.25. The minimum absolute atomic E-state index is 0.110. The minimum atomic E-state index is -0.515. The van der Waals surface area contributed by atoms with E-state index < -0.39 is 5.60 Å². The molecule has 25 heavy (non-hydrogen) atoms. The number of piperidine rings is 1. The normalized spacial score (nSPS) is 24.3. The van der Waals surface area contributed by atoms with E-state index in [0.29, 0.717) is 16.6 Å². The molecular weight excluding hydrogens is 359 g/mol. The first-order valence-corrected chi connectivity index (χ1v) is 9.58. The van der Waals surface area contributed by atoms with E-state index in [9.17, 15) is 4.79 Å². The molecule has 1 aliphatic rings. The molecule has 0 radical (unpaired) electrons. The van der Waals surface area contributed by atoms with Gasteiger partial charge in [0.2, 0.25) is 0 Å². The quantitative estimate of drug-likeness (QED) is 0.774. The number of benzene rings is 1. The number of carbonyl (C=O) groups is 1. The number of amides is 1. The number of nitrogens with zero attached hydrogens (tertiary/aromatic N) is 1. The third-order valence-electron chi connectivity index (χ3n) is 4.51. The first kappa shape index (κ1) is 20.3. The summed E-state index contributed by atoms with van der Waals surface area (Å²) >= 11 is 12.2. The lowest BCUT2D eigenvalue weighted by Gasteiger charge is -2.43. The highest BCUT2D eigenvalue weighted by atomic mass is 35.5. The van der Waals surface area contributed by atoms with Gasteiger partial charge >= 0.3 is 6.09 Å². The Morgan fingerprint density at radius 2 is 2.00 bits per heavy atom. The highest BCUT2D eigenvalue weighted by molar-refractivity contribution is 6.42. The van der Waals surface area contributed by atoms with Crippen molar-refractivity contribution in [1.82, 2.24) is 4.90 Å². The van der Waals surface area contributed by atoms with Crippen LogP contribution in [0.25, 0.3) is 0 Å². The molecule has 2 N–H and O–H groups in total. The van der Waals surface area contributed by atoms with Crippen molar-refractivity contribution in [3.05, 3.63) is 33.8 Å². The van der Waals surface area contributed by atoms with Gasteiger partial charge in [0, 0.05) is 24.5 Å². The van der Waals surface area contributed by atoms with Crippen molar-refractivity contribution >= 4 is 29.3 Å². The van der Waals surface area contributed by atoms with Gasteiger partial charge in [0.15, 0.2) is 0 Å². The van der Waals surface area contributed by atoms with Crippen LogP contribution >= 0.6 is 23.2 Å². The zero-order valence-electron chi connectivity index (χ0n) is 15.4. The van der Waals surface area contributed by atoms with E-state index >= 15 is 0 Å². The summed E-state index contributed by atoms with van der Waals surface area (Å²) in [4.78, 5) is 14.4. The average molecular weight is 387 g/mol. The van der Waals surface area contributed by atoms with Crippen molar-refractivity contribution in [3.63, 3.8) is 0 Å². The molecule has 1 heterocycles. The van der Waals surface area contributed by atoms with E-state index in [1.165, 1.54) is 0 Å². The first-order chi connectivity index (χ1) is 11.6. The SMILES string of the molecule is CCCC1C[C@@H](c2ccc(Cl)c(Cl)c2)[C@H](N)CN1C(=O)OC(C)(C)C. The predicted octanol–water partition coefficient (Wildman–Crippen LogP) is 5.21. The van der Waals surface area contributed by atoms with Gasteiger partial charge in [-0.25, -0.2) is 4.79 Å². The molecule has 1 saturated heterocycles. The molecule has 1 aromatic carbocycles. The molecule has 0 spiro atoms. The molecule has 140 valence electrons. The summed E-state index contributed by atoms with van der Waals surface area (Å²) in [6.45, 7) is 8.23. The van der Waals surface area contributed by atoms with Crippen molar-refractivity contribution in [3.8, 4) is 0 Å². The maximum absolute atomic E-state index is 12.6. The van der Waals surface area contributed by atoms with Crippen LogP contribution < -0.4 is 5.73 Å². The maximum Gasteiger partial charge on any atom is 0.410 e. The molecule has 0 aliphatic carbocycles. The standard InChI is InChI=1S/C19H28Cl2N2O2/c1-5-6-13-10-14(12-7-8-15(20)16(21)9-12)17(22)11-23(13)18(24)25-19(2,3)4/h7-9,13-14,17H,5-6,10-11,22H2,1-4H3/t13?,14-,17+/m0/s1. The molecule has 4 nitrogen and oxygen atoms in total. The second kappa shape index (κ2) is 8.15. The number of hydrogen-bond donors (Lipinski definition) is 1. The molecular formula is C19H28Cl2N2O2. The second-order valence-electron chi connectivity index (χ2n) is 7.75. The zero-order valence-corrected chi connectivity index (χ0v) is 16.9. The number of halogens is 2. The summed E-state index contributed by atoms with van der Waals surface area (Å²) in [5.41, 5.74) is 6.98. The van der Waals surface area contributed by atoms with Gasteiger partial charge in [0.05, 0.1) is 10.0 Å². The third kappa shape index (κ3) is 5.25. The van der Waals surface area contributed by atoms with Crippen LogP contribution in [0.5, 0.6) is 0 Å². The fourth-order valence-corrected chi connectivity index (χ4v) is 3.68. The Hall–Kier alpha value is -0.970. The second-order valence-corrected chi connectivity index (χ2v) is 8.57. The van der Waals surface area contributed by atoms with Crippen molar-refractivity contribution in [2.24, 2.45) is 5.73 Å². The molecule has 1 aliphatic heterocycles. The molecule has 1 aromatic rings. The largest absolute Gasteiger partial charge is 0.444 e. The van der Waals surface area contributed by atoms with Crippen molar-refractivity contribution < 1.29 is 9.53 Å². The highest BCUT2D eigenvalue weighted by Crippen LogP contribution is 2.36. The Kier molecular flexibility index (Phi) is 6.63. The summed E-state index contributed by atoms with van der Waals surface area (Å²) in [7, 11) is 0. The predicted molar refractivity (Wildman–Crippen MR) is 103 cm³/mol. The van der Waals surface area contributed by atoms with Gasteiger partial charge in [0.25, 0.3) is 0 Å². The van der Waals surface area contributed by atoms with Crippen LogP contribution in [0, 0.1) is 0 Å². The van der Waals surface area contributed by atoms with Gasteiger partial charge in [-0.05, 0) is 51.3 Å². The first-order valence-electron chi connectivity index (χ1n) is 8.82. The molecule has 1 amide bonds. The molecule has 0 saturated carbocycles. The molecule has 0 bridgehead atoms. The molecule has 2 rings (SSSR count). The van der Waals surface area contributed by atoms with E-state index in [2.05, 4.69) is 6.92 Å². The lowest BCUT2D eigenvalue weighted by molar-refractivity contribution is 0.00424. The van der Waals surface area contributed by atoms with E-state index in [1.54, 1.807) is 11.0 Å². The Bertz CT molecular complexity index is 616. The topological polar surface area (TPSA) is 55.6 Å². The van der Waals surface area contributed by atoms with Gasteiger partial charge in [-0.3, -0.25) is 0 Å². The number of carbonyl (C=O) groups excluding carboxylic acids is 1. The number of ether oxygens (including phenoxy) is 1. The van der Waals surface area contributed by atoms with Crippen molar-refractivity contribution in [1.29, 1.82) is 0 Å². The van der Waals surface area contributed by atoms with Crippen LogP contribution in [0.15, 0.2) is 18.2 Å². The summed E-state index contributed by atoms with van der Waals surface area (Å²) in [5.74, 6) is 0.144.